The van der Waals surface area contributed by atoms with Crippen molar-refractivity contribution in [3.63, 3.8) is 0 Å². The second-order valence-corrected chi connectivity index (χ2v) is 7.03. The highest BCUT2D eigenvalue weighted by molar-refractivity contribution is 5.93. The monoisotopic (exact) mass is 351 g/mol. The molecule has 2 saturated heterocycles. The van der Waals surface area contributed by atoms with Crippen LogP contribution in [0.3, 0.4) is 0 Å². The van der Waals surface area contributed by atoms with Gasteiger partial charge in [0.25, 0.3) is 5.91 Å². The zero-order chi connectivity index (χ0) is 18.0. The van der Waals surface area contributed by atoms with Gasteiger partial charge in [-0.1, -0.05) is 0 Å². The number of carbonyl (C=O) groups is 2. The van der Waals surface area contributed by atoms with Crippen molar-refractivity contribution in [3.8, 4) is 0 Å². The average molecular weight is 351 g/mol. The van der Waals surface area contributed by atoms with Crippen molar-refractivity contribution in [2.75, 3.05) is 19.6 Å². The number of pyridine rings is 1. The molecule has 2 aliphatic heterocycles. The number of hydrogen-bond donors (Lipinski definition) is 0. The van der Waals surface area contributed by atoms with Crippen molar-refractivity contribution in [1.82, 2.24) is 24.8 Å². The summed E-state index contributed by atoms with van der Waals surface area (Å²) >= 11 is 0. The van der Waals surface area contributed by atoms with Gasteiger partial charge in [0.2, 0.25) is 5.91 Å². The first-order chi connectivity index (χ1) is 12.7. The summed E-state index contributed by atoms with van der Waals surface area (Å²) in [5, 5.41) is 0. The van der Waals surface area contributed by atoms with E-state index >= 15 is 0 Å². The van der Waals surface area contributed by atoms with Gasteiger partial charge in [-0.15, -0.1) is 0 Å². The van der Waals surface area contributed by atoms with E-state index in [4.69, 9.17) is 0 Å². The molecule has 2 amide bonds. The second-order valence-electron chi connectivity index (χ2n) is 7.03. The number of amides is 2. The molecule has 2 aliphatic rings. The van der Waals surface area contributed by atoms with Crippen LogP contribution < -0.4 is 0 Å². The maximum atomic E-state index is 13.1. The molecule has 2 fully saturated rings. The molecule has 0 bridgehead atoms. The first-order valence-corrected chi connectivity index (χ1v) is 8.92. The molecule has 0 N–H and O–H groups in total. The molecular weight excluding hydrogens is 330 g/mol. The van der Waals surface area contributed by atoms with E-state index in [9.17, 15) is 9.59 Å². The Morgan fingerprint density at radius 3 is 2.69 bits per heavy atom. The van der Waals surface area contributed by atoms with Crippen LogP contribution in [0.4, 0.5) is 0 Å². The molecule has 26 heavy (non-hydrogen) atoms. The molecule has 7 heteroatoms. The first kappa shape index (κ1) is 16.6. The van der Waals surface area contributed by atoms with Crippen LogP contribution in [0, 0.1) is 5.41 Å². The summed E-state index contributed by atoms with van der Waals surface area (Å²) in [6.07, 6.45) is 10.5. The van der Waals surface area contributed by atoms with E-state index < -0.39 is 5.41 Å². The fourth-order valence-corrected chi connectivity index (χ4v) is 4.01. The Hall–Kier alpha value is -2.83. The zero-order valence-electron chi connectivity index (χ0n) is 14.5. The van der Waals surface area contributed by atoms with Crippen molar-refractivity contribution in [1.29, 1.82) is 0 Å². The lowest BCUT2D eigenvalue weighted by Crippen LogP contribution is -2.49. The van der Waals surface area contributed by atoms with E-state index in [-0.39, 0.29) is 11.8 Å². The van der Waals surface area contributed by atoms with Crippen LogP contribution in [0.2, 0.25) is 0 Å². The summed E-state index contributed by atoms with van der Waals surface area (Å²) in [5.74, 6) is 0.0171. The largest absolute Gasteiger partial charge is 0.338 e. The fourth-order valence-electron chi connectivity index (χ4n) is 4.01. The van der Waals surface area contributed by atoms with E-state index in [1.54, 1.807) is 23.5 Å². The summed E-state index contributed by atoms with van der Waals surface area (Å²) in [6, 6.07) is 3.87. The van der Waals surface area contributed by atoms with E-state index in [0.29, 0.717) is 25.3 Å². The van der Waals surface area contributed by atoms with E-state index in [2.05, 4.69) is 15.0 Å². The van der Waals surface area contributed by atoms with Crippen molar-refractivity contribution in [3.05, 3.63) is 54.4 Å². The maximum Gasteiger partial charge on any atom is 0.274 e. The SMILES string of the molecule is O=C(c1cnccn1)N1CCC[C@]2(CCN(Cc3ccncc3)C2=O)C1. The van der Waals surface area contributed by atoms with E-state index in [1.807, 2.05) is 17.0 Å². The molecule has 2 aromatic rings. The Balaban J connectivity index is 1.48. The Morgan fingerprint density at radius 2 is 1.92 bits per heavy atom. The molecule has 4 rings (SSSR count). The van der Waals surface area contributed by atoms with Crippen LogP contribution in [0.5, 0.6) is 0 Å². The molecule has 4 heterocycles. The highest BCUT2D eigenvalue weighted by Gasteiger charge is 2.49. The lowest BCUT2D eigenvalue weighted by atomic mass is 9.78. The maximum absolute atomic E-state index is 13.1. The van der Waals surface area contributed by atoms with Crippen LogP contribution in [0.25, 0.3) is 0 Å². The van der Waals surface area contributed by atoms with Gasteiger partial charge in [0.15, 0.2) is 0 Å². The second kappa shape index (κ2) is 6.82. The molecular formula is C19H21N5O2. The van der Waals surface area contributed by atoms with Crippen molar-refractivity contribution >= 4 is 11.8 Å². The molecule has 0 aromatic carbocycles. The minimum Gasteiger partial charge on any atom is -0.338 e. The lowest BCUT2D eigenvalue weighted by molar-refractivity contribution is -0.138. The van der Waals surface area contributed by atoms with Crippen LogP contribution in [-0.4, -0.2) is 56.2 Å². The van der Waals surface area contributed by atoms with Gasteiger partial charge in [0.1, 0.15) is 5.69 Å². The fraction of sp³-hybridized carbons (Fsp3) is 0.421. The van der Waals surface area contributed by atoms with Gasteiger partial charge in [0.05, 0.1) is 11.6 Å². The zero-order valence-corrected chi connectivity index (χ0v) is 14.5. The highest BCUT2D eigenvalue weighted by atomic mass is 16.2. The third kappa shape index (κ3) is 3.05. The smallest absolute Gasteiger partial charge is 0.274 e. The molecule has 2 aromatic heterocycles. The average Bonchev–Trinajstić information content (AvgIpc) is 2.98. The number of aromatic nitrogens is 3. The Kier molecular flexibility index (Phi) is 4.36. The third-order valence-electron chi connectivity index (χ3n) is 5.37. The number of hydrogen-bond acceptors (Lipinski definition) is 5. The molecule has 1 spiro atoms. The predicted molar refractivity (Wildman–Crippen MR) is 93.9 cm³/mol. The molecule has 1 atom stereocenters. The van der Waals surface area contributed by atoms with Gasteiger partial charge in [-0.2, -0.15) is 0 Å². The van der Waals surface area contributed by atoms with Gasteiger partial charge in [-0.25, -0.2) is 4.98 Å². The van der Waals surface area contributed by atoms with Gasteiger partial charge in [-0.05, 0) is 37.0 Å². The quantitative estimate of drug-likeness (QED) is 0.838. The number of carbonyl (C=O) groups excluding carboxylic acids is 2. The summed E-state index contributed by atoms with van der Waals surface area (Å²) in [6.45, 7) is 2.46. The predicted octanol–water partition coefficient (Wildman–Crippen LogP) is 1.53. The van der Waals surface area contributed by atoms with E-state index in [0.717, 1.165) is 31.4 Å². The lowest BCUT2D eigenvalue weighted by Gasteiger charge is -2.38. The number of nitrogens with zero attached hydrogens (tertiary/aromatic N) is 5. The number of rotatable bonds is 3. The topological polar surface area (TPSA) is 79.3 Å². The highest BCUT2D eigenvalue weighted by Crippen LogP contribution is 2.40. The normalized spacial score (nSPS) is 22.8. The van der Waals surface area contributed by atoms with Crippen LogP contribution in [0.1, 0.15) is 35.3 Å². The minimum atomic E-state index is -0.455. The standard InChI is InChI=1S/C19H21N5O2/c25-17(16-12-21-8-9-22-16)24-10-1-4-19(14-24)5-11-23(18(19)26)13-15-2-6-20-7-3-15/h2-3,6-9,12H,1,4-5,10-11,13-14H2/t19-/m0/s1. The molecule has 0 unspecified atom stereocenters. The van der Waals surface area contributed by atoms with Gasteiger partial charge >= 0.3 is 0 Å². The summed E-state index contributed by atoms with van der Waals surface area (Å²) in [5.41, 5.74) is 0.959. The van der Waals surface area contributed by atoms with Crippen LogP contribution in [0.15, 0.2) is 43.1 Å². The Morgan fingerprint density at radius 1 is 1.08 bits per heavy atom. The number of likely N-dealkylation sites (tertiary alicyclic amines) is 2. The first-order valence-electron chi connectivity index (χ1n) is 8.92. The molecule has 134 valence electrons. The molecule has 0 saturated carbocycles. The van der Waals surface area contributed by atoms with Crippen molar-refractivity contribution < 1.29 is 9.59 Å². The van der Waals surface area contributed by atoms with Crippen LogP contribution >= 0.6 is 0 Å². The third-order valence-corrected chi connectivity index (χ3v) is 5.37. The summed E-state index contributed by atoms with van der Waals surface area (Å²) in [7, 11) is 0. The molecule has 7 nitrogen and oxygen atoms in total. The molecule has 0 radical (unpaired) electrons. The van der Waals surface area contributed by atoms with Crippen molar-refractivity contribution in [2.45, 2.75) is 25.8 Å². The minimum absolute atomic E-state index is 0.141. The molecule has 0 aliphatic carbocycles. The van der Waals surface area contributed by atoms with Gasteiger partial charge < -0.3 is 9.80 Å². The van der Waals surface area contributed by atoms with Crippen LogP contribution in [-0.2, 0) is 11.3 Å². The Labute approximate surface area is 152 Å². The summed E-state index contributed by atoms with van der Waals surface area (Å²) in [4.78, 5) is 41.6. The van der Waals surface area contributed by atoms with Crippen molar-refractivity contribution in [2.24, 2.45) is 5.41 Å². The number of piperidine rings is 1. The van der Waals surface area contributed by atoms with Gasteiger partial charge in [0, 0.05) is 51.0 Å². The summed E-state index contributed by atoms with van der Waals surface area (Å²) < 4.78 is 0. The van der Waals surface area contributed by atoms with Gasteiger partial charge in [-0.3, -0.25) is 19.6 Å². The Bertz CT molecular complexity index is 798. The van der Waals surface area contributed by atoms with E-state index in [1.165, 1.54) is 12.4 Å².